The number of aromatic nitrogens is 2. The van der Waals surface area contributed by atoms with Crippen LogP contribution in [0, 0.1) is 0 Å². The summed E-state index contributed by atoms with van der Waals surface area (Å²) in [6, 6.07) is 11.9. The van der Waals surface area contributed by atoms with Crippen LogP contribution in [0.15, 0.2) is 30.3 Å². The summed E-state index contributed by atoms with van der Waals surface area (Å²) < 4.78 is 0. The van der Waals surface area contributed by atoms with Gasteiger partial charge in [0.2, 0.25) is 5.95 Å². The molecule has 9 heteroatoms. The second-order valence-corrected chi connectivity index (χ2v) is 12.0. The van der Waals surface area contributed by atoms with Crippen molar-refractivity contribution in [2.24, 2.45) is 0 Å². The molecule has 2 aromatic rings. The average molecular weight is 550 g/mol. The zero-order valence-electron chi connectivity index (χ0n) is 24.9. The van der Waals surface area contributed by atoms with E-state index < -0.39 is 0 Å². The number of hydrogen-bond donors (Lipinski definition) is 3. The van der Waals surface area contributed by atoms with Crippen molar-refractivity contribution in [3.05, 3.63) is 41.5 Å². The molecular formula is C31H51N9. The second-order valence-electron chi connectivity index (χ2n) is 12.0. The Kier molecular flexibility index (Phi) is 10.9. The largest absolute Gasteiger partial charge is 0.354 e. The number of nitrogens with one attached hydrogen (secondary N) is 3. The molecule has 3 fully saturated rings. The van der Waals surface area contributed by atoms with Crippen LogP contribution in [0.4, 0.5) is 17.6 Å². The minimum Gasteiger partial charge on any atom is -0.354 e. The molecule has 0 amide bonds. The number of hydrogen-bond acceptors (Lipinski definition) is 9. The summed E-state index contributed by atoms with van der Waals surface area (Å²) >= 11 is 0. The zero-order chi connectivity index (χ0) is 27.6. The van der Waals surface area contributed by atoms with Gasteiger partial charge in [0, 0.05) is 77.6 Å². The summed E-state index contributed by atoms with van der Waals surface area (Å²) in [5, 5.41) is 10.9. The third-order valence-corrected chi connectivity index (χ3v) is 8.72. The monoisotopic (exact) mass is 549 g/mol. The van der Waals surface area contributed by atoms with Crippen molar-refractivity contribution in [1.29, 1.82) is 0 Å². The zero-order valence-corrected chi connectivity index (χ0v) is 24.9. The van der Waals surface area contributed by atoms with Crippen LogP contribution in [-0.2, 0) is 13.1 Å². The van der Waals surface area contributed by atoms with Crippen molar-refractivity contribution in [2.75, 3.05) is 94.7 Å². The lowest BCUT2D eigenvalue weighted by Crippen LogP contribution is -2.46. The van der Waals surface area contributed by atoms with Crippen molar-refractivity contribution >= 4 is 17.6 Å². The maximum Gasteiger partial charge on any atom is 0.226 e. The Morgan fingerprint density at radius 3 is 1.82 bits per heavy atom. The standard InChI is InChI=1S/C31H51N9/c1-37-15-19-39(20-16-37)29-23-30(40-21-17-38(2)18-22-40)36-31(35-29)34-25-27-11-9-26(10-12-27)24-32-13-6-14-33-28-7-4-3-5-8-28/h9-12,23,28,32-33H,3-8,13-22,24-25H2,1-2H3,(H,34,35,36). The van der Waals surface area contributed by atoms with Crippen molar-refractivity contribution in [2.45, 2.75) is 57.7 Å². The highest BCUT2D eigenvalue weighted by atomic mass is 15.3. The van der Waals surface area contributed by atoms with E-state index in [1.54, 1.807) is 0 Å². The van der Waals surface area contributed by atoms with Crippen LogP contribution < -0.4 is 25.8 Å². The van der Waals surface area contributed by atoms with E-state index in [1.807, 2.05) is 0 Å². The molecule has 3 N–H and O–H groups in total. The number of likely N-dealkylation sites (N-methyl/N-ethyl adjacent to an activating group) is 2. The number of anilines is 3. The summed E-state index contributed by atoms with van der Waals surface area (Å²) in [7, 11) is 4.38. The first-order valence-electron chi connectivity index (χ1n) is 15.6. The normalized spacial score (nSPS) is 19.8. The fourth-order valence-corrected chi connectivity index (χ4v) is 5.91. The summed E-state index contributed by atoms with van der Waals surface area (Å²) in [5.74, 6) is 2.79. The van der Waals surface area contributed by atoms with Gasteiger partial charge in [0.15, 0.2) is 0 Å². The molecule has 0 unspecified atom stereocenters. The second kappa shape index (κ2) is 15.0. The molecule has 1 aromatic carbocycles. The number of nitrogens with zero attached hydrogens (tertiary/aromatic N) is 6. The summed E-state index contributed by atoms with van der Waals surface area (Å²) in [5.41, 5.74) is 2.57. The fraction of sp³-hybridized carbons (Fsp3) is 0.677. The molecule has 0 bridgehead atoms. The Balaban J connectivity index is 1.11. The van der Waals surface area contributed by atoms with E-state index in [4.69, 9.17) is 9.97 Å². The lowest BCUT2D eigenvalue weighted by atomic mass is 9.95. The Morgan fingerprint density at radius 2 is 1.25 bits per heavy atom. The van der Waals surface area contributed by atoms with Crippen molar-refractivity contribution in [3.63, 3.8) is 0 Å². The number of piperazine rings is 2. The van der Waals surface area contributed by atoms with Gasteiger partial charge in [0.25, 0.3) is 0 Å². The van der Waals surface area contributed by atoms with Gasteiger partial charge in [-0.25, -0.2) is 0 Å². The molecule has 0 radical (unpaired) electrons. The Hall–Kier alpha value is -2.46. The predicted molar refractivity (Wildman–Crippen MR) is 166 cm³/mol. The Bertz CT molecular complexity index is 968. The van der Waals surface area contributed by atoms with Crippen LogP contribution in [0.5, 0.6) is 0 Å². The van der Waals surface area contributed by atoms with Gasteiger partial charge in [-0.2, -0.15) is 9.97 Å². The first-order chi connectivity index (χ1) is 19.6. The van der Waals surface area contributed by atoms with Gasteiger partial charge in [-0.1, -0.05) is 43.5 Å². The van der Waals surface area contributed by atoms with Crippen LogP contribution in [0.25, 0.3) is 0 Å². The van der Waals surface area contributed by atoms with Crippen LogP contribution in [-0.4, -0.2) is 105 Å². The summed E-state index contributed by atoms with van der Waals surface area (Å²) in [4.78, 5) is 19.5. The van der Waals surface area contributed by atoms with Gasteiger partial charge in [0.05, 0.1) is 0 Å². The lowest BCUT2D eigenvalue weighted by Gasteiger charge is -2.35. The highest BCUT2D eigenvalue weighted by Crippen LogP contribution is 2.24. The van der Waals surface area contributed by atoms with Crippen LogP contribution in [0.1, 0.15) is 49.7 Å². The van der Waals surface area contributed by atoms with E-state index in [9.17, 15) is 0 Å². The van der Waals surface area contributed by atoms with Crippen LogP contribution >= 0.6 is 0 Å². The molecule has 3 heterocycles. The van der Waals surface area contributed by atoms with Crippen molar-refractivity contribution in [3.8, 4) is 0 Å². The van der Waals surface area contributed by atoms with E-state index in [-0.39, 0.29) is 0 Å². The third kappa shape index (κ3) is 8.77. The first-order valence-corrected chi connectivity index (χ1v) is 15.6. The smallest absolute Gasteiger partial charge is 0.226 e. The van der Waals surface area contributed by atoms with E-state index in [2.05, 4.69) is 80.0 Å². The minimum absolute atomic E-state index is 0.717. The summed E-state index contributed by atoms with van der Waals surface area (Å²) in [6.45, 7) is 12.1. The number of rotatable bonds is 12. The quantitative estimate of drug-likeness (QED) is 0.347. The Morgan fingerprint density at radius 1 is 0.700 bits per heavy atom. The molecule has 220 valence electrons. The van der Waals surface area contributed by atoms with E-state index in [1.165, 1.54) is 49.7 Å². The Labute approximate surface area is 241 Å². The van der Waals surface area contributed by atoms with Crippen LogP contribution in [0.2, 0.25) is 0 Å². The van der Waals surface area contributed by atoms with Gasteiger partial charge < -0.3 is 35.6 Å². The van der Waals surface area contributed by atoms with Gasteiger partial charge in [0.1, 0.15) is 11.6 Å². The first kappa shape index (κ1) is 29.0. The van der Waals surface area contributed by atoms with Gasteiger partial charge in [-0.15, -0.1) is 0 Å². The molecule has 1 aliphatic carbocycles. The average Bonchev–Trinajstić information content (AvgIpc) is 2.99. The van der Waals surface area contributed by atoms with E-state index in [0.717, 1.165) is 102 Å². The van der Waals surface area contributed by atoms with Gasteiger partial charge in [-0.05, 0) is 57.6 Å². The van der Waals surface area contributed by atoms with E-state index >= 15 is 0 Å². The maximum absolute atomic E-state index is 4.95. The SMILES string of the molecule is CN1CCN(c2cc(N3CCN(C)CC3)nc(NCc3ccc(CNCCCNC4CCCCC4)cc3)n2)CC1. The molecule has 5 rings (SSSR count). The molecular weight excluding hydrogens is 498 g/mol. The predicted octanol–water partition coefficient (Wildman–Crippen LogP) is 2.99. The lowest BCUT2D eigenvalue weighted by molar-refractivity contribution is 0.310. The maximum atomic E-state index is 4.95. The van der Waals surface area contributed by atoms with Crippen molar-refractivity contribution < 1.29 is 0 Å². The topological polar surface area (TPSA) is 74.8 Å². The van der Waals surface area contributed by atoms with Crippen LogP contribution in [0.3, 0.4) is 0 Å². The van der Waals surface area contributed by atoms with E-state index in [0.29, 0.717) is 0 Å². The molecule has 9 nitrogen and oxygen atoms in total. The van der Waals surface area contributed by atoms with Gasteiger partial charge >= 0.3 is 0 Å². The number of benzene rings is 1. The molecule has 1 aromatic heterocycles. The van der Waals surface area contributed by atoms with Gasteiger partial charge in [-0.3, -0.25) is 0 Å². The van der Waals surface area contributed by atoms with Crippen molar-refractivity contribution in [1.82, 2.24) is 30.4 Å². The molecule has 0 spiro atoms. The highest BCUT2D eigenvalue weighted by molar-refractivity contribution is 5.55. The third-order valence-electron chi connectivity index (χ3n) is 8.72. The fourth-order valence-electron chi connectivity index (χ4n) is 5.91. The molecule has 2 aliphatic heterocycles. The highest BCUT2D eigenvalue weighted by Gasteiger charge is 2.21. The molecule has 0 atom stereocenters. The molecule has 1 saturated carbocycles. The molecule has 2 saturated heterocycles. The molecule has 40 heavy (non-hydrogen) atoms. The summed E-state index contributed by atoms with van der Waals surface area (Å²) in [6.07, 6.45) is 8.12. The molecule has 3 aliphatic rings. The minimum atomic E-state index is 0.717.